The van der Waals surface area contributed by atoms with Crippen LogP contribution in [0.25, 0.3) is 22.4 Å². The van der Waals surface area contributed by atoms with E-state index in [2.05, 4.69) is 9.97 Å². The summed E-state index contributed by atoms with van der Waals surface area (Å²) in [6, 6.07) is 22.5. The highest BCUT2D eigenvalue weighted by atomic mass is 16.5. The van der Waals surface area contributed by atoms with Gasteiger partial charge in [-0.3, -0.25) is 4.79 Å². The molecule has 4 nitrogen and oxygen atoms in total. The number of hydrogen-bond acceptors (Lipinski definition) is 3. The van der Waals surface area contributed by atoms with Crippen molar-refractivity contribution in [3.05, 3.63) is 83.9 Å². The summed E-state index contributed by atoms with van der Waals surface area (Å²) in [5, 5.41) is 0. The highest BCUT2D eigenvalue weighted by Gasteiger charge is 2.11. The molecule has 4 aromatic rings. The van der Waals surface area contributed by atoms with Gasteiger partial charge in [0, 0.05) is 16.7 Å². The van der Waals surface area contributed by atoms with E-state index in [4.69, 9.17) is 4.74 Å². The summed E-state index contributed by atoms with van der Waals surface area (Å²) >= 11 is 0. The Morgan fingerprint density at radius 3 is 2.40 bits per heavy atom. The SMILES string of the molecule is COc1ccc(-c2nc3ccc(C(=O)c4ccccc4)cc3[nH]2)cc1. The first-order valence-corrected chi connectivity index (χ1v) is 7.98. The quantitative estimate of drug-likeness (QED) is 0.562. The molecule has 0 saturated carbocycles. The Balaban J connectivity index is 1.70. The fraction of sp³-hybridized carbons (Fsp3) is 0.0476. The Morgan fingerprint density at radius 1 is 0.920 bits per heavy atom. The molecular formula is C21H16N2O2. The number of imidazole rings is 1. The molecule has 1 aromatic heterocycles. The van der Waals surface area contributed by atoms with Crippen LogP contribution in [-0.2, 0) is 0 Å². The average molecular weight is 328 g/mol. The smallest absolute Gasteiger partial charge is 0.193 e. The third-order valence-corrected chi connectivity index (χ3v) is 4.14. The summed E-state index contributed by atoms with van der Waals surface area (Å²) in [6.45, 7) is 0. The molecule has 0 fully saturated rings. The number of carbonyl (C=O) groups is 1. The van der Waals surface area contributed by atoms with Crippen molar-refractivity contribution in [1.29, 1.82) is 0 Å². The van der Waals surface area contributed by atoms with Crippen molar-refractivity contribution in [2.75, 3.05) is 7.11 Å². The zero-order chi connectivity index (χ0) is 17.2. The molecule has 0 unspecified atom stereocenters. The van der Waals surface area contributed by atoms with Crippen molar-refractivity contribution < 1.29 is 9.53 Å². The van der Waals surface area contributed by atoms with Gasteiger partial charge in [-0.05, 0) is 42.5 Å². The summed E-state index contributed by atoms with van der Waals surface area (Å²) in [5.74, 6) is 1.57. The molecule has 0 radical (unpaired) electrons. The lowest BCUT2D eigenvalue weighted by Gasteiger charge is -2.01. The lowest BCUT2D eigenvalue weighted by atomic mass is 10.0. The lowest BCUT2D eigenvalue weighted by molar-refractivity contribution is 0.103. The molecule has 0 amide bonds. The molecule has 0 aliphatic heterocycles. The second kappa shape index (κ2) is 6.24. The number of rotatable bonds is 4. The van der Waals surface area contributed by atoms with Crippen molar-refractivity contribution in [3.63, 3.8) is 0 Å². The van der Waals surface area contributed by atoms with Gasteiger partial charge in [0.25, 0.3) is 0 Å². The highest BCUT2D eigenvalue weighted by Crippen LogP contribution is 2.24. The maximum absolute atomic E-state index is 12.6. The third kappa shape index (κ3) is 2.90. The average Bonchev–Trinajstić information content (AvgIpc) is 3.11. The van der Waals surface area contributed by atoms with Crippen LogP contribution in [0.3, 0.4) is 0 Å². The fourth-order valence-electron chi connectivity index (χ4n) is 2.79. The van der Waals surface area contributed by atoms with E-state index >= 15 is 0 Å². The number of H-pyrrole nitrogens is 1. The molecule has 1 N–H and O–H groups in total. The van der Waals surface area contributed by atoms with Crippen LogP contribution in [0.5, 0.6) is 5.75 Å². The first-order chi connectivity index (χ1) is 12.2. The van der Waals surface area contributed by atoms with E-state index in [0.717, 1.165) is 28.2 Å². The molecular weight excluding hydrogens is 312 g/mol. The molecule has 0 saturated heterocycles. The summed E-state index contributed by atoms with van der Waals surface area (Å²) in [6.07, 6.45) is 0. The zero-order valence-corrected chi connectivity index (χ0v) is 13.7. The number of nitrogens with one attached hydrogen (secondary N) is 1. The van der Waals surface area contributed by atoms with Crippen LogP contribution in [0.1, 0.15) is 15.9 Å². The predicted octanol–water partition coefficient (Wildman–Crippen LogP) is 4.47. The lowest BCUT2D eigenvalue weighted by Crippen LogP contribution is -2.00. The second-order valence-electron chi connectivity index (χ2n) is 5.74. The first kappa shape index (κ1) is 15.1. The van der Waals surface area contributed by atoms with Crippen LogP contribution in [0, 0.1) is 0 Å². The maximum Gasteiger partial charge on any atom is 0.193 e. The molecule has 122 valence electrons. The number of ketones is 1. The van der Waals surface area contributed by atoms with E-state index in [9.17, 15) is 4.79 Å². The van der Waals surface area contributed by atoms with E-state index in [1.165, 1.54) is 0 Å². The molecule has 0 aliphatic rings. The molecule has 1 heterocycles. The number of aromatic nitrogens is 2. The highest BCUT2D eigenvalue weighted by molar-refractivity contribution is 6.10. The minimum absolute atomic E-state index is 0.00287. The summed E-state index contributed by atoms with van der Waals surface area (Å²) < 4.78 is 5.18. The van der Waals surface area contributed by atoms with Crippen molar-refractivity contribution in [3.8, 4) is 17.1 Å². The van der Waals surface area contributed by atoms with Gasteiger partial charge in [0.05, 0.1) is 18.1 Å². The molecule has 3 aromatic carbocycles. The van der Waals surface area contributed by atoms with Gasteiger partial charge in [-0.15, -0.1) is 0 Å². The number of ether oxygens (including phenoxy) is 1. The Hall–Kier alpha value is -3.40. The van der Waals surface area contributed by atoms with Crippen molar-refractivity contribution in [1.82, 2.24) is 9.97 Å². The van der Waals surface area contributed by atoms with Crippen LogP contribution in [0.15, 0.2) is 72.8 Å². The number of fused-ring (bicyclic) bond motifs is 1. The number of hydrogen-bond donors (Lipinski definition) is 1. The second-order valence-corrected chi connectivity index (χ2v) is 5.74. The number of aromatic amines is 1. The molecule has 0 bridgehead atoms. The van der Waals surface area contributed by atoms with Gasteiger partial charge < -0.3 is 9.72 Å². The summed E-state index contributed by atoms with van der Waals surface area (Å²) in [4.78, 5) is 20.5. The van der Waals surface area contributed by atoms with Crippen LogP contribution in [-0.4, -0.2) is 22.9 Å². The van der Waals surface area contributed by atoms with E-state index in [0.29, 0.717) is 11.1 Å². The Bertz CT molecular complexity index is 1030. The molecule has 4 heteroatoms. The van der Waals surface area contributed by atoms with Crippen LogP contribution in [0.4, 0.5) is 0 Å². The van der Waals surface area contributed by atoms with Gasteiger partial charge in [0.15, 0.2) is 5.78 Å². The zero-order valence-electron chi connectivity index (χ0n) is 13.7. The molecule has 4 rings (SSSR count). The topological polar surface area (TPSA) is 55.0 Å². The predicted molar refractivity (Wildman–Crippen MR) is 98.0 cm³/mol. The van der Waals surface area contributed by atoms with Crippen LogP contribution in [0.2, 0.25) is 0 Å². The van der Waals surface area contributed by atoms with Gasteiger partial charge in [-0.2, -0.15) is 0 Å². The number of carbonyl (C=O) groups excluding carboxylic acids is 1. The monoisotopic (exact) mass is 328 g/mol. The van der Waals surface area contributed by atoms with Gasteiger partial charge >= 0.3 is 0 Å². The Labute approximate surface area is 145 Å². The van der Waals surface area contributed by atoms with Crippen LogP contribution < -0.4 is 4.74 Å². The van der Waals surface area contributed by atoms with E-state index in [1.54, 1.807) is 7.11 Å². The van der Waals surface area contributed by atoms with Gasteiger partial charge in [-0.1, -0.05) is 30.3 Å². The van der Waals surface area contributed by atoms with Gasteiger partial charge in [-0.25, -0.2) is 4.98 Å². The summed E-state index contributed by atoms with van der Waals surface area (Å²) in [7, 11) is 1.64. The van der Waals surface area contributed by atoms with Gasteiger partial charge in [0.2, 0.25) is 0 Å². The molecule has 0 aliphatic carbocycles. The van der Waals surface area contributed by atoms with E-state index in [1.807, 2.05) is 72.8 Å². The maximum atomic E-state index is 12.6. The third-order valence-electron chi connectivity index (χ3n) is 4.14. The standard InChI is InChI=1S/C21H16N2O2/c1-25-17-10-7-15(8-11-17)21-22-18-12-9-16(13-19(18)23-21)20(24)14-5-3-2-4-6-14/h2-13H,1H3,(H,22,23). The Morgan fingerprint density at radius 2 is 1.68 bits per heavy atom. The van der Waals surface area contributed by atoms with Crippen molar-refractivity contribution in [2.45, 2.75) is 0 Å². The number of nitrogens with zero attached hydrogens (tertiary/aromatic N) is 1. The number of methoxy groups -OCH3 is 1. The number of benzene rings is 3. The first-order valence-electron chi connectivity index (χ1n) is 7.98. The fourth-order valence-corrected chi connectivity index (χ4v) is 2.79. The normalized spacial score (nSPS) is 10.8. The van der Waals surface area contributed by atoms with Crippen LogP contribution >= 0.6 is 0 Å². The van der Waals surface area contributed by atoms with E-state index in [-0.39, 0.29) is 5.78 Å². The molecule has 25 heavy (non-hydrogen) atoms. The van der Waals surface area contributed by atoms with Crippen molar-refractivity contribution in [2.24, 2.45) is 0 Å². The van der Waals surface area contributed by atoms with Crippen molar-refractivity contribution >= 4 is 16.8 Å². The summed E-state index contributed by atoms with van der Waals surface area (Å²) in [5.41, 5.74) is 3.95. The van der Waals surface area contributed by atoms with Gasteiger partial charge in [0.1, 0.15) is 11.6 Å². The largest absolute Gasteiger partial charge is 0.497 e. The Kier molecular flexibility index (Phi) is 3.78. The minimum Gasteiger partial charge on any atom is -0.497 e. The molecule has 0 spiro atoms. The molecule has 0 atom stereocenters. The van der Waals surface area contributed by atoms with E-state index < -0.39 is 0 Å². The minimum atomic E-state index is 0.00287.